The van der Waals surface area contributed by atoms with Crippen LogP contribution in [0.15, 0.2) is 66.7 Å². The highest BCUT2D eigenvalue weighted by molar-refractivity contribution is 6.00. The van der Waals surface area contributed by atoms with Crippen molar-refractivity contribution >= 4 is 29.3 Å². The van der Waals surface area contributed by atoms with Crippen molar-refractivity contribution in [3.63, 3.8) is 0 Å². The minimum absolute atomic E-state index is 0.0422. The van der Waals surface area contributed by atoms with Crippen LogP contribution in [-0.2, 0) is 17.8 Å². The van der Waals surface area contributed by atoms with Crippen LogP contribution >= 0.6 is 0 Å². The number of ether oxygens (including phenoxy) is 2. The zero-order valence-electron chi connectivity index (χ0n) is 25.4. The molecular formula is C33H40N4O7. The second-order valence-corrected chi connectivity index (χ2v) is 11.2. The van der Waals surface area contributed by atoms with Gasteiger partial charge in [-0.05, 0) is 74.1 Å². The van der Waals surface area contributed by atoms with E-state index in [2.05, 4.69) is 15.5 Å². The summed E-state index contributed by atoms with van der Waals surface area (Å²) < 4.78 is 11.7. The van der Waals surface area contributed by atoms with Crippen molar-refractivity contribution in [1.82, 2.24) is 9.80 Å². The van der Waals surface area contributed by atoms with Crippen LogP contribution in [0.1, 0.15) is 35.3 Å². The van der Waals surface area contributed by atoms with Gasteiger partial charge in [-0.2, -0.15) is 0 Å². The Labute approximate surface area is 257 Å². The van der Waals surface area contributed by atoms with Gasteiger partial charge in [0.05, 0.1) is 31.7 Å². The van der Waals surface area contributed by atoms with Crippen LogP contribution in [0, 0.1) is 5.92 Å². The standard InChI is InChI=1S/C33H40N4O7/c1-21-17-37(22(2)20-38)31(39)16-25-15-27(35-33(42)34-26-9-12-28(43-4)13-10-26)11-14-29(25)44-30(21)19-36(3)18-23-5-7-24(8-6-23)32(40)41/h5-15,21-22,30,38H,16-20H2,1-4H3,(H,40,41)(H2,34,35,42)/t21-,22+,30-/m0/s1. The Hall–Kier alpha value is -4.61. The van der Waals surface area contributed by atoms with E-state index in [4.69, 9.17) is 9.47 Å². The third kappa shape index (κ3) is 8.48. The largest absolute Gasteiger partial charge is 0.497 e. The van der Waals surface area contributed by atoms with Crippen LogP contribution in [0.2, 0.25) is 0 Å². The summed E-state index contributed by atoms with van der Waals surface area (Å²) in [5.41, 5.74) is 2.91. The van der Waals surface area contributed by atoms with E-state index >= 15 is 0 Å². The number of carboxylic acid groups (broad SMARTS) is 1. The molecule has 0 aromatic heterocycles. The van der Waals surface area contributed by atoms with E-state index < -0.39 is 12.0 Å². The quantitative estimate of drug-likeness (QED) is 0.268. The molecule has 0 unspecified atom stereocenters. The molecule has 0 saturated carbocycles. The van der Waals surface area contributed by atoms with E-state index in [1.807, 2.05) is 20.9 Å². The number of aliphatic hydroxyl groups is 1. The Bertz CT molecular complexity index is 1450. The lowest BCUT2D eigenvalue weighted by Gasteiger charge is -2.34. The maximum Gasteiger partial charge on any atom is 0.335 e. The van der Waals surface area contributed by atoms with Gasteiger partial charge in [0.1, 0.15) is 17.6 Å². The summed E-state index contributed by atoms with van der Waals surface area (Å²) in [6.45, 7) is 5.16. The molecule has 0 fully saturated rings. The van der Waals surface area contributed by atoms with Gasteiger partial charge in [-0.15, -0.1) is 0 Å². The number of likely N-dealkylation sites (N-methyl/N-ethyl adjacent to an activating group) is 1. The first-order valence-corrected chi connectivity index (χ1v) is 14.5. The fraction of sp³-hybridized carbons (Fsp3) is 0.364. The van der Waals surface area contributed by atoms with Gasteiger partial charge in [0.2, 0.25) is 5.91 Å². The van der Waals surface area contributed by atoms with Gasteiger partial charge in [-0.25, -0.2) is 9.59 Å². The van der Waals surface area contributed by atoms with Crippen LogP contribution in [0.5, 0.6) is 11.5 Å². The molecule has 4 N–H and O–H groups in total. The lowest BCUT2D eigenvalue weighted by Crippen LogP contribution is -2.47. The van der Waals surface area contributed by atoms with Crippen molar-refractivity contribution in [3.8, 4) is 11.5 Å². The molecule has 11 heteroatoms. The molecule has 0 aliphatic carbocycles. The number of carbonyl (C=O) groups excluding carboxylic acids is 2. The molecule has 11 nitrogen and oxygen atoms in total. The summed E-state index contributed by atoms with van der Waals surface area (Å²) in [5.74, 6) is 0.0354. The number of fused-ring (bicyclic) bond motifs is 1. The molecule has 3 amide bonds. The number of benzene rings is 3. The number of hydrogen-bond acceptors (Lipinski definition) is 7. The molecule has 234 valence electrons. The number of urea groups is 1. The first kappa shape index (κ1) is 32.3. The predicted molar refractivity (Wildman–Crippen MR) is 167 cm³/mol. The summed E-state index contributed by atoms with van der Waals surface area (Å²) in [6.07, 6.45) is -0.269. The Balaban J connectivity index is 1.53. The van der Waals surface area contributed by atoms with Gasteiger partial charge in [0, 0.05) is 42.5 Å². The van der Waals surface area contributed by atoms with Crippen molar-refractivity contribution in [1.29, 1.82) is 0 Å². The molecule has 0 saturated heterocycles. The maximum atomic E-state index is 13.5. The summed E-state index contributed by atoms with van der Waals surface area (Å²) in [4.78, 5) is 41.2. The van der Waals surface area contributed by atoms with Crippen LogP contribution in [0.25, 0.3) is 0 Å². The van der Waals surface area contributed by atoms with Crippen molar-refractivity contribution in [2.75, 3.05) is 44.5 Å². The first-order valence-electron chi connectivity index (χ1n) is 14.5. The third-order valence-electron chi connectivity index (χ3n) is 7.67. The number of hydrogen-bond donors (Lipinski definition) is 4. The topological polar surface area (TPSA) is 141 Å². The van der Waals surface area contributed by atoms with E-state index in [1.165, 1.54) is 0 Å². The highest BCUT2D eigenvalue weighted by atomic mass is 16.5. The minimum atomic E-state index is -0.969. The second-order valence-electron chi connectivity index (χ2n) is 11.2. The number of nitrogens with zero attached hydrogens (tertiary/aromatic N) is 2. The number of rotatable bonds is 10. The number of anilines is 2. The van der Waals surface area contributed by atoms with Crippen LogP contribution in [0.3, 0.4) is 0 Å². The summed E-state index contributed by atoms with van der Waals surface area (Å²) >= 11 is 0. The van der Waals surface area contributed by atoms with E-state index in [0.29, 0.717) is 48.1 Å². The number of carboxylic acids is 1. The molecule has 0 radical (unpaired) electrons. The Kier molecular flexibility index (Phi) is 10.8. The van der Waals surface area contributed by atoms with Gasteiger partial charge in [-0.1, -0.05) is 19.1 Å². The van der Waals surface area contributed by atoms with Crippen molar-refractivity contribution in [3.05, 3.63) is 83.4 Å². The number of nitrogens with one attached hydrogen (secondary N) is 2. The fourth-order valence-corrected chi connectivity index (χ4v) is 5.13. The number of amides is 3. The molecule has 3 aromatic carbocycles. The van der Waals surface area contributed by atoms with Gasteiger partial charge >= 0.3 is 12.0 Å². The van der Waals surface area contributed by atoms with Gasteiger partial charge in [-0.3, -0.25) is 9.69 Å². The smallest absolute Gasteiger partial charge is 0.335 e. The summed E-state index contributed by atoms with van der Waals surface area (Å²) in [7, 11) is 3.53. The molecule has 3 atom stereocenters. The average Bonchev–Trinajstić information content (AvgIpc) is 3.04. The van der Waals surface area contributed by atoms with Gasteiger partial charge in [0.15, 0.2) is 0 Å². The predicted octanol–water partition coefficient (Wildman–Crippen LogP) is 4.32. The number of carbonyl (C=O) groups is 3. The van der Waals surface area contributed by atoms with E-state index in [-0.39, 0.29) is 42.6 Å². The number of methoxy groups -OCH3 is 1. The zero-order chi connectivity index (χ0) is 31.8. The number of aliphatic hydroxyl groups excluding tert-OH is 1. The van der Waals surface area contributed by atoms with Gasteiger partial charge in [0.25, 0.3) is 0 Å². The maximum absolute atomic E-state index is 13.5. The van der Waals surface area contributed by atoms with Crippen LogP contribution in [-0.4, -0.2) is 83.9 Å². The van der Waals surface area contributed by atoms with Crippen molar-refractivity contribution in [2.24, 2.45) is 5.92 Å². The number of aromatic carboxylic acids is 1. The Morgan fingerprint density at radius 1 is 1.07 bits per heavy atom. The first-order chi connectivity index (χ1) is 21.1. The highest BCUT2D eigenvalue weighted by Gasteiger charge is 2.31. The molecule has 1 aliphatic rings. The average molecular weight is 605 g/mol. The van der Waals surface area contributed by atoms with Crippen molar-refractivity contribution < 1.29 is 34.1 Å². The van der Waals surface area contributed by atoms with E-state index in [9.17, 15) is 24.6 Å². The molecule has 44 heavy (non-hydrogen) atoms. The molecular weight excluding hydrogens is 564 g/mol. The second kappa shape index (κ2) is 14.7. The van der Waals surface area contributed by atoms with E-state index in [0.717, 1.165) is 5.56 Å². The molecule has 0 bridgehead atoms. The molecule has 0 spiro atoms. The molecule has 4 rings (SSSR count). The highest BCUT2D eigenvalue weighted by Crippen LogP contribution is 2.29. The van der Waals surface area contributed by atoms with E-state index in [1.54, 1.807) is 78.7 Å². The third-order valence-corrected chi connectivity index (χ3v) is 7.67. The Morgan fingerprint density at radius 3 is 2.36 bits per heavy atom. The summed E-state index contributed by atoms with van der Waals surface area (Å²) in [5, 5.41) is 24.7. The van der Waals surface area contributed by atoms with Crippen LogP contribution in [0.4, 0.5) is 16.2 Å². The van der Waals surface area contributed by atoms with Gasteiger partial charge < -0.3 is 35.2 Å². The monoisotopic (exact) mass is 604 g/mol. The Morgan fingerprint density at radius 2 is 1.73 bits per heavy atom. The lowest BCUT2D eigenvalue weighted by atomic mass is 10.0. The molecule has 1 heterocycles. The molecule has 3 aromatic rings. The molecule has 1 aliphatic heterocycles. The lowest BCUT2D eigenvalue weighted by molar-refractivity contribution is -0.134. The van der Waals surface area contributed by atoms with Crippen molar-refractivity contribution in [2.45, 2.75) is 39.0 Å². The fourth-order valence-electron chi connectivity index (χ4n) is 5.13. The summed E-state index contributed by atoms with van der Waals surface area (Å²) in [6, 6.07) is 18.1. The SMILES string of the molecule is COc1ccc(NC(=O)Nc2ccc3c(c2)CC(=O)N([C@H](C)CO)C[C@H](C)[C@H](CN(C)Cc2ccc(C(=O)O)cc2)O3)cc1. The zero-order valence-corrected chi connectivity index (χ0v) is 25.4. The van der Waals surface area contributed by atoms with Crippen LogP contribution < -0.4 is 20.1 Å². The minimum Gasteiger partial charge on any atom is -0.497 e. The normalized spacial score (nSPS) is 17.4.